The first-order valence-corrected chi connectivity index (χ1v) is 9.21. The topological polar surface area (TPSA) is 38.9 Å². The van der Waals surface area contributed by atoms with Gasteiger partial charge in [-0.15, -0.1) is 10.2 Å². The summed E-state index contributed by atoms with van der Waals surface area (Å²) in [5.74, 6) is 1.58. The van der Waals surface area contributed by atoms with E-state index in [4.69, 9.17) is 4.42 Å². The maximum absolute atomic E-state index is 5.90. The molecule has 1 aromatic heterocycles. The predicted octanol–water partition coefficient (Wildman–Crippen LogP) is 6.50. The van der Waals surface area contributed by atoms with E-state index in [1.807, 2.05) is 24.3 Å². The summed E-state index contributed by atoms with van der Waals surface area (Å²) in [6.07, 6.45) is 0. The lowest BCUT2D eigenvalue weighted by molar-refractivity contribution is 0.584. The second-order valence-corrected chi connectivity index (χ2v) is 7.14. The molecule has 0 aliphatic heterocycles. The van der Waals surface area contributed by atoms with Crippen LogP contribution in [-0.2, 0) is 0 Å². The van der Waals surface area contributed by atoms with Crippen molar-refractivity contribution < 1.29 is 4.42 Å². The minimum Gasteiger partial charge on any atom is -0.416 e. The Morgan fingerprint density at radius 3 is 1.78 bits per heavy atom. The predicted molar refractivity (Wildman–Crippen MR) is 109 cm³/mol. The normalized spacial score (nSPS) is 11.1. The van der Waals surface area contributed by atoms with Crippen molar-refractivity contribution in [2.75, 3.05) is 0 Å². The second-order valence-electron chi connectivity index (χ2n) is 7.14. The SMILES string of the molecule is Cc1cccc(-c2ccc(-c3nnc(-c4ccc(C(C)C)cc4)o3)cc2)c1. The Morgan fingerprint density at radius 1 is 0.667 bits per heavy atom. The zero-order valence-corrected chi connectivity index (χ0v) is 15.8. The summed E-state index contributed by atoms with van der Waals surface area (Å²) in [6.45, 7) is 6.46. The fourth-order valence-corrected chi connectivity index (χ4v) is 3.10. The molecule has 0 amide bonds. The van der Waals surface area contributed by atoms with E-state index in [-0.39, 0.29) is 0 Å². The molecule has 3 heteroatoms. The molecule has 0 bridgehead atoms. The van der Waals surface area contributed by atoms with Crippen LogP contribution in [0.2, 0.25) is 0 Å². The Morgan fingerprint density at radius 2 is 1.22 bits per heavy atom. The maximum Gasteiger partial charge on any atom is 0.248 e. The van der Waals surface area contributed by atoms with Crippen LogP contribution in [0, 0.1) is 6.92 Å². The summed E-state index contributed by atoms with van der Waals surface area (Å²) in [4.78, 5) is 0. The molecular formula is C24H22N2O. The van der Waals surface area contributed by atoms with Gasteiger partial charge in [-0.25, -0.2) is 0 Å². The molecule has 0 saturated carbocycles. The lowest BCUT2D eigenvalue weighted by atomic mass is 10.0. The summed E-state index contributed by atoms with van der Waals surface area (Å²) in [6, 6.07) is 25.0. The highest BCUT2D eigenvalue weighted by molar-refractivity contribution is 5.68. The van der Waals surface area contributed by atoms with Gasteiger partial charge in [0, 0.05) is 11.1 Å². The molecule has 3 nitrogen and oxygen atoms in total. The van der Waals surface area contributed by atoms with E-state index >= 15 is 0 Å². The van der Waals surface area contributed by atoms with Crippen molar-refractivity contribution in [1.29, 1.82) is 0 Å². The molecule has 0 fully saturated rings. The van der Waals surface area contributed by atoms with Crippen LogP contribution in [-0.4, -0.2) is 10.2 Å². The first-order valence-electron chi connectivity index (χ1n) is 9.21. The average molecular weight is 354 g/mol. The third-order valence-corrected chi connectivity index (χ3v) is 4.73. The first-order chi connectivity index (χ1) is 13.1. The molecule has 0 spiro atoms. The lowest BCUT2D eigenvalue weighted by Crippen LogP contribution is -1.86. The fraction of sp³-hybridized carbons (Fsp3) is 0.167. The quantitative estimate of drug-likeness (QED) is 0.420. The van der Waals surface area contributed by atoms with Crippen LogP contribution in [0.3, 0.4) is 0 Å². The number of hydrogen-bond acceptors (Lipinski definition) is 3. The molecule has 4 aromatic rings. The van der Waals surface area contributed by atoms with E-state index in [0.29, 0.717) is 17.7 Å². The molecule has 134 valence electrons. The summed E-state index contributed by atoms with van der Waals surface area (Å²) >= 11 is 0. The molecule has 27 heavy (non-hydrogen) atoms. The van der Waals surface area contributed by atoms with E-state index in [9.17, 15) is 0 Å². The van der Waals surface area contributed by atoms with Crippen LogP contribution in [0.4, 0.5) is 0 Å². The van der Waals surface area contributed by atoms with Gasteiger partial charge in [0.2, 0.25) is 11.8 Å². The summed E-state index contributed by atoms with van der Waals surface area (Å²) < 4.78 is 5.90. The van der Waals surface area contributed by atoms with Gasteiger partial charge < -0.3 is 4.42 Å². The van der Waals surface area contributed by atoms with Crippen LogP contribution in [0.1, 0.15) is 30.9 Å². The molecule has 0 N–H and O–H groups in total. The smallest absolute Gasteiger partial charge is 0.248 e. The van der Waals surface area contributed by atoms with Crippen LogP contribution in [0.15, 0.2) is 77.2 Å². The summed E-state index contributed by atoms with van der Waals surface area (Å²) in [5.41, 5.74) is 6.79. The third-order valence-electron chi connectivity index (χ3n) is 4.73. The monoisotopic (exact) mass is 354 g/mol. The van der Waals surface area contributed by atoms with E-state index in [1.54, 1.807) is 0 Å². The molecule has 0 aliphatic carbocycles. The Balaban J connectivity index is 1.58. The van der Waals surface area contributed by atoms with Crippen LogP contribution in [0.5, 0.6) is 0 Å². The van der Waals surface area contributed by atoms with Gasteiger partial charge in [-0.1, -0.05) is 67.9 Å². The number of aromatic nitrogens is 2. The van der Waals surface area contributed by atoms with Crippen molar-refractivity contribution in [3.8, 4) is 34.0 Å². The number of nitrogens with zero attached hydrogens (tertiary/aromatic N) is 2. The fourth-order valence-electron chi connectivity index (χ4n) is 3.10. The Hall–Kier alpha value is -3.20. The van der Waals surface area contributed by atoms with E-state index in [2.05, 4.69) is 79.5 Å². The van der Waals surface area contributed by atoms with Gasteiger partial charge in [-0.05, 0) is 53.8 Å². The summed E-state index contributed by atoms with van der Waals surface area (Å²) in [5, 5.41) is 8.43. The number of benzene rings is 3. The molecule has 0 atom stereocenters. The summed E-state index contributed by atoms with van der Waals surface area (Å²) in [7, 11) is 0. The Kier molecular flexibility index (Phi) is 4.59. The van der Waals surface area contributed by atoms with Crippen molar-refractivity contribution in [2.45, 2.75) is 26.7 Å². The second kappa shape index (κ2) is 7.20. The Bertz CT molecular complexity index is 1040. The van der Waals surface area contributed by atoms with E-state index in [0.717, 1.165) is 11.1 Å². The van der Waals surface area contributed by atoms with Gasteiger partial charge >= 0.3 is 0 Å². The zero-order valence-electron chi connectivity index (χ0n) is 15.8. The lowest BCUT2D eigenvalue weighted by Gasteiger charge is -2.04. The van der Waals surface area contributed by atoms with Crippen molar-refractivity contribution in [3.05, 3.63) is 83.9 Å². The minimum absolute atomic E-state index is 0.504. The minimum atomic E-state index is 0.504. The van der Waals surface area contributed by atoms with Gasteiger partial charge in [-0.3, -0.25) is 0 Å². The molecule has 4 rings (SSSR count). The molecule has 0 radical (unpaired) electrons. The van der Waals surface area contributed by atoms with Gasteiger partial charge in [0.25, 0.3) is 0 Å². The highest BCUT2D eigenvalue weighted by atomic mass is 16.4. The van der Waals surface area contributed by atoms with Gasteiger partial charge in [0.1, 0.15) is 0 Å². The highest BCUT2D eigenvalue weighted by Gasteiger charge is 2.11. The molecular weight excluding hydrogens is 332 g/mol. The number of rotatable bonds is 4. The third kappa shape index (κ3) is 3.68. The molecule has 0 saturated heterocycles. The number of aryl methyl sites for hydroxylation is 1. The first kappa shape index (κ1) is 17.2. The average Bonchev–Trinajstić information content (AvgIpc) is 3.18. The van der Waals surface area contributed by atoms with Crippen molar-refractivity contribution in [1.82, 2.24) is 10.2 Å². The van der Waals surface area contributed by atoms with E-state index in [1.165, 1.54) is 22.3 Å². The van der Waals surface area contributed by atoms with Gasteiger partial charge in [-0.2, -0.15) is 0 Å². The van der Waals surface area contributed by atoms with Crippen molar-refractivity contribution in [3.63, 3.8) is 0 Å². The zero-order chi connectivity index (χ0) is 18.8. The van der Waals surface area contributed by atoms with E-state index < -0.39 is 0 Å². The maximum atomic E-state index is 5.90. The van der Waals surface area contributed by atoms with Crippen LogP contribution >= 0.6 is 0 Å². The Labute approximate surface area is 159 Å². The van der Waals surface area contributed by atoms with Crippen LogP contribution < -0.4 is 0 Å². The number of hydrogen-bond donors (Lipinski definition) is 0. The molecule has 3 aromatic carbocycles. The van der Waals surface area contributed by atoms with Crippen molar-refractivity contribution >= 4 is 0 Å². The van der Waals surface area contributed by atoms with Crippen molar-refractivity contribution in [2.24, 2.45) is 0 Å². The van der Waals surface area contributed by atoms with Gasteiger partial charge in [0.05, 0.1) is 0 Å². The highest BCUT2D eigenvalue weighted by Crippen LogP contribution is 2.27. The largest absolute Gasteiger partial charge is 0.416 e. The van der Waals surface area contributed by atoms with Crippen LogP contribution in [0.25, 0.3) is 34.0 Å². The standard InChI is InChI=1S/C24H22N2O/c1-16(2)18-7-11-20(12-8-18)23-25-26-24(27-23)21-13-9-19(10-14-21)22-6-4-5-17(3)15-22/h4-16H,1-3H3. The molecule has 0 aliphatic rings. The van der Waals surface area contributed by atoms with Gasteiger partial charge in [0.15, 0.2) is 0 Å². The molecule has 0 unspecified atom stereocenters. The molecule has 1 heterocycles.